The van der Waals surface area contributed by atoms with Gasteiger partial charge in [0, 0.05) is 14.9 Å². The molecule has 0 bridgehead atoms. The molecular formula is C15H14BrNOS. The van der Waals surface area contributed by atoms with Crippen LogP contribution in [-0.4, -0.2) is 6.54 Å². The number of rotatable bonds is 4. The number of halogens is 1. The predicted molar refractivity (Wildman–Crippen MR) is 82.9 cm³/mol. The highest BCUT2D eigenvalue weighted by molar-refractivity contribution is 9.10. The van der Waals surface area contributed by atoms with Crippen molar-refractivity contribution in [3.05, 3.63) is 56.2 Å². The van der Waals surface area contributed by atoms with Gasteiger partial charge in [-0.1, -0.05) is 46.0 Å². The van der Waals surface area contributed by atoms with E-state index in [4.69, 9.17) is 10.5 Å². The molecule has 0 aliphatic rings. The highest BCUT2D eigenvalue weighted by Gasteiger charge is 2.03. The van der Waals surface area contributed by atoms with Crippen molar-refractivity contribution in [3.8, 4) is 11.8 Å². The molecule has 0 spiro atoms. The molecule has 2 N–H and O–H groups in total. The zero-order valence-electron chi connectivity index (χ0n) is 10.4. The normalized spacial score (nSPS) is 10.0. The Hall–Kier alpha value is -1.12. The molecule has 1 heterocycles. The molecule has 0 aliphatic carbocycles. The largest absolute Gasteiger partial charge is 0.371 e. The van der Waals surface area contributed by atoms with Gasteiger partial charge in [-0.2, -0.15) is 0 Å². The lowest BCUT2D eigenvalue weighted by molar-refractivity contribution is 0.108. The molecule has 2 aromatic rings. The third kappa shape index (κ3) is 4.19. The molecule has 0 saturated heterocycles. The van der Waals surface area contributed by atoms with Crippen LogP contribution in [0.4, 0.5) is 0 Å². The van der Waals surface area contributed by atoms with E-state index in [0.717, 1.165) is 20.5 Å². The van der Waals surface area contributed by atoms with Crippen molar-refractivity contribution in [1.82, 2.24) is 0 Å². The summed E-state index contributed by atoms with van der Waals surface area (Å²) in [7, 11) is 0. The first-order valence-electron chi connectivity index (χ1n) is 5.87. The van der Waals surface area contributed by atoms with Crippen LogP contribution in [0.5, 0.6) is 0 Å². The topological polar surface area (TPSA) is 35.2 Å². The Labute approximate surface area is 125 Å². The van der Waals surface area contributed by atoms with Crippen molar-refractivity contribution in [3.63, 3.8) is 0 Å². The Morgan fingerprint density at radius 1 is 1.21 bits per heavy atom. The van der Waals surface area contributed by atoms with Crippen molar-refractivity contribution in [1.29, 1.82) is 0 Å². The Morgan fingerprint density at radius 3 is 2.84 bits per heavy atom. The second-order valence-electron chi connectivity index (χ2n) is 3.85. The van der Waals surface area contributed by atoms with Gasteiger partial charge in [-0.3, -0.25) is 0 Å². The lowest BCUT2D eigenvalue weighted by Gasteiger charge is -2.05. The fourth-order valence-corrected chi connectivity index (χ4v) is 2.74. The van der Waals surface area contributed by atoms with Crippen LogP contribution in [0.15, 0.2) is 40.2 Å². The van der Waals surface area contributed by atoms with Crippen LogP contribution in [0.2, 0.25) is 0 Å². The summed E-state index contributed by atoms with van der Waals surface area (Å²) in [6.45, 7) is 1.55. The molecule has 0 atom stereocenters. The van der Waals surface area contributed by atoms with Crippen LogP contribution >= 0.6 is 27.3 Å². The van der Waals surface area contributed by atoms with Crippen molar-refractivity contribution in [2.24, 2.45) is 5.73 Å². The molecular weight excluding hydrogens is 322 g/mol. The number of thiophene rings is 1. The third-order valence-electron chi connectivity index (χ3n) is 2.52. The maximum absolute atomic E-state index is 5.75. The van der Waals surface area contributed by atoms with Gasteiger partial charge < -0.3 is 10.5 Å². The fraction of sp³-hybridized carbons (Fsp3) is 0.200. The summed E-state index contributed by atoms with van der Waals surface area (Å²) >= 11 is 5.17. The van der Waals surface area contributed by atoms with E-state index in [9.17, 15) is 0 Å². The summed E-state index contributed by atoms with van der Waals surface area (Å²) in [5.74, 6) is 5.93. The van der Waals surface area contributed by atoms with Gasteiger partial charge in [0.15, 0.2) is 0 Å². The summed E-state index contributed by atoms with van der Waals surface area (Å²) in [6.07, 6.45) is 0. The Bertz CT molecular complexity index is 597. The minimum Gasteiger partial charge on any atom is -0.371 e. The van der Waals surface area contributed by atoms with E-state index >= 15 is 0 Å². The minimum atomic E-state index is 0.382. The fourth-order valence-electron chi connectivity index (χ4n) is 1.58. The molecule has 1 aromatic carbocycles. The number of hydrogen-bond donors (Lipinski definition) is 1. The van der Waals surface area contributed by atoms with Crippen molar-refractivity contribution in [2.45, 2.75) is 13.2 Å². The van der Waals surface area contributed by atoms with Gasteiger partial charge in [0.2, 0.25) is 0 Å². The molecule has 1 aromatic heterocycles. The maximum Gasteiger partial charge on any atom is 0.0826 e. The summed E-state index contributed by atoms with van der Waals surface area (Å²) in [6, 6.07) is 10.1. The predicted octanol–water partition coefficient (Wildman–Crippen LogP) is 3.54. The highest BCUT2D eigenvalue weighted by atomic mass is 79.9. The molecule has 98 valence electrons. The zero-order chi connectivity index (χ0) is 13.5. The smallest absolute Gasteiger partial charge is 0.0826 e. The van der Waals surface area contributed by atoms with E-state index < -0.39 is 0 Å². The molecule has 0 saturated carbocycles. The van der Waals surface area contributed by atoms with Crippen LogP contribution in [0, 0.1) is 11.8 Å². The second kappa shape index (κ2) is 7.46. The van der Waals surface area contributed by atoms with Crippen LogP contribution < -0.4 is 5.73 Å². The van der Waals surface area contributed by atoms with Crippen LogP contribution in [0.3, 0.4) is 0 Å². The number of ether oxygens (including phenoxy) is 1. The second-order valence-corrected chi connectivity index (χ2v) is 5.70. The SMILES string of the molecule is NCC#Cc1ccsc1COCc1ccccc1Br. The summed E-state index contributed by atoms with van der Waals surface area (Å²) in [4.78, 5) is 1.15. The van der Waals surface area contributed by atoms with Gasteiger partial charge in [0.25, 0.3) is 0 Å². The number of benzene rings is 1. The van der Waals surface area contributed by atoms with E-state index in [1.54, 1.807) is 11.3 Å². The summed E-state index contributed by atoms with van der Waals surface area (Å²) < 4.78 is 6.82. The molecule has 0 amide bonds. The van der Waals surface area contributed by atoms with Crippen LogP contribution in [-0.2, 0) is 18.0 Å². The summed E-state index contributed by atoms with van der Waals surface area (Å²) in [5, 5.41) is 2.03. The third-order valence-corrected chi connectivity index (χ3v) is 4.19. The van der Waals surface area contributed by atoms with E-state index in [1.807, 2.05) is 35.7 Å². The molecule has 4 heteroatoms. The standard InChI is InChI=1S/C15H14BrNOS/c16-14-6-2-1-4-13(14)10-18-11-15-12(5-3-8-17)7-9-19-15/h1-2,4,6-7,9H,8,10-11,17H2. The van der Waals surface area contributed by atoms with Crippen LogP contribution in [0.25, 0.3) is 0 Å². The lowest BCUT2D eigenvalue weighted by Crippen LogP contribution is -1.96. The molecule has 0 radical (unpaired) electrons. The van der Waals surface area contributed by atoms with Crippen molar-refractivity contribution >= 4 is 27.3 Å². The first kappa shape index (κ1) is 14.3. The maximum atomic E-state index is 5.75. The lowest BCUT2D eigenvalue weighted by atomic mass is 10.2. The average Bonchev–Trinajstić information content (AvgIpc) is 2.86. The van der Waals surface area contributed by atoms with Crippen molar-refractivity contribution in [2.75, 3.05) is 6.54 Å². The van der Waals surface area contributed by atoms with E-state index in [1.165, 1.54) is 0 Å². The van der Waals surface area contributed by atoms with Gasteiger partial charge in [0.05, 0.1) is 19.8 Å². The van der Waals surface area contributed by atoms with Gasteiger partial charge in [-0.15, -0.1) is 11.3 Å². The van der Waals surface area contributed by atoms with Gasteiger partial charge in [-0.05, 0) is 23.1 Å². The molecule has 2 nitrogen and oxygen atoms in total. The molecule has 2 rings (SSSR count). The monoisotopic (exact) mass is 335 g/mol. The van der Waals surface area contributed by atoms with Gasteiger partial charge in [-0.25, -0.2) is 0 Å². The molecule has 0 unspecified atom stereocenters. The summed E-state index contributed by atoms with van der Waals surface area (Å²) in [5.41, 5.74) is 7.54. The van der Waals surface area contributed by atoms with Gasteiger partial charge in [0.1, 0.15) is 0 Å². The number of hydrogen-bond acceptors (Lipinski definition) is 3. The zero-order valence-corrected chi connectivity index (χ0v) is 12.8. The van der Waals surface area contributed by atoms with Gasteiger partial charge >= 0.3 is 0 Å². The van der Waals surface area contributed by atoms with E-state index in [-0.39, 0.29) is 0 Å². The van der Waals surface area contributed by atoms with E-state index in [2.05, 4.69) is 27.8 Å². The van der Waals surface area contributed by atoms with Crippen LogP contribution in [0.1, 0.15) is 16.0 Å². The Kier molecular flexibility index (Phi) is 5.62. The Morgan fingerprint density at radius 2 is 2.05 bits per heavy atom. The highest BCUT2D eigenvalue weighted by Crippen LogP contribution is 2.20. The van der Waals surface area contributed by atoms with Crippen molar-refractivity contribution < 1.29 is 4.74 Å². The molecule has 0 aliphatic heterocycles. The molecule has 19 heavy (non-hydrogen) atoms. The quantitative estimate of drug-likeness (QED) is 0.867. The Balaban J connectivity index is 1.93. The number of nitrogens with two attached hydrogens (primary N) is 1. The molecule has 0 fully saturated rings. The average molecular weight is 336 g/mol. The first-order chi connectivity index (χ1) is 9.31. The van der Waals surface area contributed by atoms with E-state index in [0.29, 0.717) is 19.8 Å². The minimum absolute atomic E-state index is 0.382. The first-order valence-corrected chi connectivity index (χ1v) is 7.55.